The summed E-state index contributed by atoms with van der Waals surface area (Å²) in [4.78, 5) is 26.5. The minimum Gasteiger partial charge on any atom is -0.326 e. The van der Waals surface area contributed by atoms with Crippen molar-refractivity contribution < 1.29 is 9.18 Å². The number of aromatic nitrogens is 2. The maximum atomic E-state index is 13.1. The zero-order chi connectivity index (χ0) is 22.5. The summed E-state index contributed by atoms with van der Waals surface area (Å²) in [6.07, 6.45) is 9.13. The van der Waals surface area contributed by atoms with Crippen LogP contribution in [0, 0.1) is 17.7 Å². The topological polar surface area (TPSA) is 61.4 Å². The molecule has 172 valence electrons. The largest absolute Gasteiger partial charge is 0.326 e. The van der Waals surface area contributed by atoms with Gasteiger partial charge in [0.15, 0.2) is 0 Å². The highest BCUT2D eigenvalue weighted by molar-refractivity contribution is 5.92. The summed E-state index contributed by atoms with van der Waals surface area (Å²) in [6, 6.07) is 6.41. The van der Waals surface area contributed by atoms with Crippen molar-refractivity contribution >= 4 is 11.6 Å². The fourth-order valence-electron chi connectivity index (χ4n) is 5.12. The molecule has 0 aliphatic carbocycles. The van der Waals surface area contributed by atoms with Crippen LogP contribution in [0.5, 0.6) is 0 Å². The number of halogens is 1. The van der Waals surface area contributed by atoms with Gasteiger partial charge in [-0.1, -0.05) is 6.92 Å². The standard InChI is InChI=1S/C25H34FN5O/c1-3-4-24-27-14-18(15-28-24)16-31-11-9-19(10-12-31)23-13-20(17-30(23)2)25(32)29-22-7-5-21(26)6-8-22/h5-8,14-15,19-20,23H,3-4,9-13,16-17H2,1-2H3,(H,29,32)/t20-,23+/m0/s1. The summed E-state index contributed by atoms with van der Waals surface area (Å²) < 4.78 is 13.1. The van der Waals surface area contributed by atoms with Gasteiger partial charge in [0, 0.05) is 49.2 Å². The van der Waals surface area contributed by atoms with E-state index in [2.05, 4.69) is 39.1 Å². The van der Waals surface area contributed by atoms with Crippen LogP contribution in [0.3, 0.4) is 0 Å². The third kappa shape index (κ3) is 5.70. The minimum atomic E-state index is -0.295. The molecule has 0 spiro atoms. The van der Waals surface area contributed by atoms with Crippen LogP contribution >= 0.6 is 0 Å². The first-order valence-corrected chi connectivity index (χ1v) is 11.8. The molecule has 4 rings (SSSR count). The Morgan fingerprint density at radius 1 is 1.16 bits per heavy atom. The van der Waals surface area contributed by atoms with Gasteiger partial charge in [-0.25, -0.2) is 14.4 Å². The Labute approximate surface area is 190 Å². The Balaban J connectivity index is 1.25. The summed E-state index contributed by atoms with van der Waals surface area (Å²) in [5.41, 5.74) is 1.83. The fourth-order valence-corrected chi connectivity index (χ4v) is 5.12. The number of carbonyl (C=O) groups excluding carboxylic acids is 1. The second kappa shape index (κ2) is 10.5. The second-order valence-electron chi connectivity index (χ2n) is 9.31. The predicted octanol–water partition coefficient (Wildman–Crippen LogP) is 3.74. The lowest BCUT2D eigenvalue weighted by Gasteiger charge is -2.37. The first-order valence-electron chi connectivity index (χ1n) is 11.8. The molecule has 1 aromatic heterocycles. The molecule has 0 radical (unpaired) electrons. The molecule has 32 heavy (non-hydrogen) atoms. The second-order valence-corrected chi connectivity index (χ2v) is 9.31. The predicted molar refractivity (Wildman–Crippen MR) is 124 cm³/mol. The lowest BCUT2D eigenvalue weighted by molar-refractivity contribution is -0.119. The molecule has 1 aromatic carbocycles. The van der Waals surface area contributed by atoms with Crippen LogP contribution in [0.2, 0.25) is 0 Å². The van der Waals surface area contributed by atoms with E-state index < -0.39 is 0 Å². The summed E-state index contributed by atoms with van der Waals surface area (Å²) in [7, 11) is 2.14. The number of piperidine rings is 1. The van der Waals surface area contributed by atoms with E-state index in [9.17, 15) is 9.18 Å². The summed E-state index contributed by atoms with van der Waals surface area (Å²) in [5.74, 6) is 1.26. The molecule has 0 bridgehead atoms. The SMILES string of the molecule is CCCc1ncc(CN2CCC([C@H]3C[C@H](C(=O)Nc4ccc(F)cc4)CN3C)CC2)cn1. The molecule has 2 aliphatic heterocycles. The van der Waals surface area contributed by atoms with E-state index in [1.807, 2.05) is 12.4 Å². The van der Waals surface area contributed by atoms with Gasteiger partial charge in [0.05, 0.1) is 5.92 Å². The van der Waals surface area contributed by atoms with Gasteiger partial charge < -0.3 is 10.2 Å². The van der Waals surface area contributed by atoms with Crippen LogP contribution < -0.4 is 5.32 Å². The molecule has 2 atom stereocenters. The van der Waals surface area contributed by atoms with Crippen molar-refractivity contribution in [2.45, 2.75) is 51.6 Å². The molecule has 0 unspecified atom stereocenters. The molecule has 1 amide bonds. The Bertz CT molecular complexity index is 880. The lowest BCUT2D eigenvalue weighted by Crippen LogP contribution is -2.41. The van der Waals surface area contributed by atoms with Crippen molar-refractivity contribution in [1.82, 2.24) is 19.8 Å². The number of nitrogens with one attached hydrogen (secondary N) is 1. The van der Waals surface area contributed by atoms with Crippen molar-refractivity contribution in [3.8, 4) is 0 Å². The van der Waals surface area contributed by atoms with E-state index in [1.165, 1.54) is 17.7 Å². The number of hydrogen-bond acceptors (Lipinski definition) is 5. The molecular weight excluding hydrogens is 405 g/mol. The number of amides is 1. The Morgan fingerprint density at radius 2 is 1.84 bits per heavy atom. The first-order chi connectivity index (χ1) is 15.5. The van der Waals surface area contributed by atoms with Gasteiger partial charge in [-0.2, -0.15) is 0 Å². The minimum absolute atomic E-state index is 0.0214. The Morgan fingerprint density at radius 3 is 2.50 bits per heavy atom. The van der Waals surface area contributed by atoms with Crippen molar-refractivity contribution in [2.24, 2.45) is 11.8 Å². The summed E-state index contributed by atoms with van der Waals surface area (Å²) in [6.45, 7) is 5.96. The zero-order valence-electron chi connectivity index (χ0n) is 19.1. The monoisotopic (exact) mass is 439 g/mol. The van der Waals surface area contributed by atoms with Crippen molar-refractivity contribution in [2.75, 3.05) is 32.0 Å². The van der Waals surface area contributed by atoms with Gasteiger partial charge in [-0.3, -0.25) is 9.69 Å². The molecule has 2 fully saturated rings. The van der Waals surface area contributed by atoms with E-state index in [-0.39, 0.29) is 17.6 Å². The van der Waals surface area contributed by atoms with Crippen LogP contribution in [-0.2, 0) is 17.8 Å². The van der Waals surface area contributed by atoms with Gasteiger partial charge in [0.25, 0.3) is 0 Å². The van der Waals surface area contributed by atoms with Gasteiger partial charge >= 0.3 is 0 Å². The number of rotatable bonds is 7. The number of hydrogen-bond donors (Lipinski definition) is 1. The molecule has 2 aliphatic rings. The highest BCUT2D eigenvalue weighted by Crippen LogP contribution is 2.33. The fraction of sp³-hybridized carbons (Fsp3) is 0.560. The number of aryl methyl sites for hydroxylation is 1. The normalized spacial score (nSPS) is 22.8. The van der Waals surface area contributed by atoms with E-state index in [4.69, 9.17) is 0 Å². The first kappa shape index (κ1) is 22.8. The van der Waals surface area contributed by atoms with E-state index in [0.29, 0.717) is 17.6 Å². The van der Waals surface area contributed by atoms with Gasteiger partial charge in [0.1, 0.15) is 11.6 Å². The lowest BCUT2D eigenvalue weighted by atomic mass is 9.86. The Hall–Kier alpha value is -2.38. The van der Waals surface area contributed by atoms with E-state index >= 15 is 0 Å². The molecule has 3 heterocycles. The molecule has 2 aromatic rings. The smallest absolute Gasteiger partial charge is 0.228 e. The number of carbonyl (C=O) groups is 1. The quantitative estimate of drug-likeness (QED) is 0.712. The third-order valence-electron chi connectivity index (χ3n) is 6.90. The molecule has 6 nitrogen and oxygen atoms in total. The van der Waals surface area contributed by atoms with E-state index in [0.717, 1.165) is 64.1 Å². The van der Waals surface area contributed by atoms with Gasteiger partial charge in [-0.15, -0.1) is 0 Å². The molecule has 2 saturated heterocycles. The van der Waals surface area contributed by atoms with Crippen LogP contribution in [0.25, 0.3) is 0 Å². The van der Waals surface area contributed by atoms with Crippen LogP contribution in [-0.4, -0.2) is 58.4 Å². The zero-order valence-corrected chi connectivity index (χ0v) is 19.1. The molecular formula is C25H34FN5O. The average molecular weight is 440 g/mol. The Kier molecular flexibility index (Phi) is 7.48. The van der Waals surface area contributed by atoms with Gasteiger partial charge in [-0.05, 0) is 76.0 Å². The van der Waals surface area contributed by atoms with E-state index in [1.54, 1.807) is 12.1 Å². The summed E-state index contributed by atoms with van der Waals surface area (Å²) >= 11 is 0. The number of benzene rings is 1. The van der Waals surface area contributed by atoms with Crippen LogP contribution in [0.15, 0.2) is 36.7 Å². The highest BCUT2D eigenvalue weighted by atomic mass is 19.1. The average Bonchev–Trinajstić information content (AvgIpc) is 3.19. The maximum Gasteiger partial charge on any atom is 0.228 e. The van der Waals surface area contributed by atoms with Crippen LogP contribution in [0.1, 0.15) is 44.0 Å². The highest BCUT2D eigenvalue weighted by Gasteiger charge is 2.39. The molecule has 0 saturated carbocycles. The number of anilines is 1. The van der Waals surface area contributed by atoms with Gasteiger partial charge in [0.2, 0.25) is 5.91 Å². The van der Waals surface area contributed by atoms with Crippen LogP contribution in [0.4, 0.5) is 10.1 Å². The number of likely N-dealkylation sites (tertiary alicyclic amines) is 2. The third-order valence-corrected chi connectivity index (χ3v) is 6.90. The maximum absolute atomic E-state index is 13.1. The van der Waals surface area contributed by atoms with Crippen molar-refractivity contribution in [3.63, 3.8) is 0 Å². The molecule has 7 heteroatoms. The summed E-state index contributed by atoms with van der Waals surface area (Å²) in [5, 5.41) is 2.95. The van der Waals surface area contributed by atoms with Crippen molar-refractivity contribution in [3.05, 3.63) is 53.9 Å². The molecule has 1 N–H and O–H groups in total. The number of nitrogens with zero attached hydrogens (tertiary/aromatic N) is 4. The van der Waals surface area contributed by atoms with Crippen molar-refractivity contribution in [1.29, 1.82) is 0 Å².